The number of hydrogen-bond acceptors (Lipinski definition) is 6. The molecule has 0 bridgehead atoms. The maximum atomic E-state index is 12.4. The van der Waals surface area contributed by atoms with Crippen molar-refractivity contribution in [1.82, 2.24) is 4.98 Å². The number of nitrogens with zero attached hydrogens (tertiary/aromatic N) is 2. The lowest BCUT2D eigenvalue weighted by atomic mass is 10.2. The summed E-state index contributed by atoms with van der Waals surface area (Å²) in [6, 6.07) is 0. The van der Waals surface area contributed by atoms with Gasteiger partial charge < -0.3 is 9.47 Å². The van der Waals surface area contributed by atoms with E-state index in [1.54, 1.807) is 27.7 Å². The van der Waals surface area contributed by atoms with Gasteiger partial charge in [-0.1, -0.05) is 18.3 Å². The lowest BCUT2D eigenvalue weighted by Crippen LogP contribution is -2.37. The summed E-state index contributed by atoms with van der Waals surface area (Å²) >= 11 is 6.95. The highest BCUT2D eigenvalue weighted by molar-refractivity contribution is 7.17. The summed E-state index contributed by atoms with van der Waals surface area (Å²) in [6.07, 6.45) is 0.230. The zero-order valence-electron chi connectivity index (χ0n) is 14.1. The molecule has 0 aliphatic carbocycles. The summed E-state index contributed by atoms with van der Waals surface area (Å²) < 4.78 is 10.4. The monoisotopic (exact) mass is 362 g/mol. The number of amides is 1. The molecule has 1 rings (SSSR count). The van der Waals surface area contributed by atoms with E-state index < -0.39 is 17.7 Å². The van der Waals surface area contributed by atoms with E-state index in [4.69, 9.17) is 21.1 Å². The highest BCUT2D eigenvalue weighted by Crippen LogP contribution is 2.29. The van der Waals surface area contributed by atoms with Crippen LogP contribution in [-0.2, 0) is 15.4 Å². The van der Waals surface area contributed by atoms with Gasteiger partial charge in [0.05, 0.1) is 18.2 Å². The highest BCUT2D eigenvalue weighted by Gasteiger charge is 2.28. The number of carbonyl (C=O) groups is 2. The molecule has 1 heterocycles. The molecule has 0 fully saturated rings. The molecule has 0 spiro atoms. The number of halogens is 1. The first-order valence-corrected chi connectivity index (χ1v) is 8.81. The maximum Gasteiger partial charge on any atom is 0.416 e. The molecule has 0 aliphatic heterocycles. The van der Waals surface area contributed by atoms with Crippen molar-refractivity contribution in [3.8, 4) is 0 Å². The fourth-order valence-electron chi connectivity index (χ4n) is 1.71. The number of anilines is 1. The Kier molecular flexibility index (Phi) is 7.28. The molecule has 0 unspecified atom stereocenters. The molecular formula is C15H23ClN2O4S. The van der Waals surface area contributed by atoms with Crippen molar-refractivity contribution >= 4 is 40.1 Å². The molecule has 1 aromatic rings. The number of rotatable bonds is 6. The van der Waals surface area contributed by atoms with E-state index in [0.29, 0.717) is 22.2 Å². The van der Waals surface area contributed by atoms with Gasteiger partial charge in [-0.3, -0.25) is 4.90 Å². The van der Waals surface area contributed by atoms with Gasteiger partial charge in [0.15, 0.2) is 5.13 Å². The largest absolute Gasteiger partial charge is 0.462 e. The molecule has 23 heavy (non-hydrogen) atoms. The molecular weight excluding hydrogens is 340 g/mol. The van der Waals surface area contributed by atoms with Crippen molar-refractivity contribution in [1.29, 1.82) is 0 Å². The minimum Gasteiger partial charge on any atom is -0.462 e. The highest BCUT2D eigenvalue weighted by atomic mass is 35.5. The van der Waals surface area contributed by atoms with Crippen molar-refractivity contribution in [2.24, 2.45) is 0 Å². The van der Waals surface area contributed by atoms with E-state index in [1.807, 2.05) is 6.92 Å². The zero-order valence-corrected chi connectivity index (χ0v) is 15.7. The van der Waals surface area contributed by atoms with Crippen LogP contribution in [0.15, 0.2) is 0 Å². The van der Waals surface area contributed by atoms with E-state index in [-0.39, 0.29) is 12.5 Å². The van der Waals surface area contributed by atoms with E-state index in [0.717, 1.165) is 17.8 Å². The molecule has 130 valence electrons. The Morgan fingerprint density at radius 2 is 1.96 bits per heavy atom. The van der Waals surface area contributed by atoms with Crippen LogP contribution in [0.3, 0.4) is 0 Å². The molecule has 0 saturated carbocycles. The third-order valence-electron chi connectivity index (χ3n) is 2.57. The Balaban J connectivity index is 3.12. The van der Waals surface area contributed by atoms with E-state index >= 15 is 0 Å². The van der Waals surface area contributed by atoms with Crippen LogP contribution in [0, 0.1) is 0 Å². The fourth-order valence-corrected chi connectivity index (χ4v) is 2.97. The predicted octanol–water partition coefficient (Wildman–Crippen LogP) is 4.21. The van der Waals surface area contributed by atoms with Gasteiger partial charge in [0.25, 0.3) is 0 Å². The van der Waals surface area contributed by atoms with Crippen LogP contribution < -0.4 is 4.90 Å². The van der Waals surface area contributed by atoms with E-state index in [2.05, 4.69) is 4.98 Å². The summed E-state index contributed by atoms with van der Waals surface area (Å²) in [6.45, 7) is 9.76. The first-order valence-electron chi connectivity index (χ1n) is 7.46. The molecule has 1 aromatic heterocycles. The SMILES string of the molecule is CCCN(C(=O)OC(C)(C)C)c1nc(CCl)c(C(=O)OCC)s1. The quantitative estimate of drug-likeness (QED) is 0.560. The van der Waals surface area contributed by atoms with Crippen LogP contribution in [0.4, 0.5) is 9.93 Å². The van der Waals surface area contributed by atoms with Crippen LogP contribution in [0.2, 0.25) is 0 Å². The maximum absolute atomic E-state index is 12.4. The number of esters is 1. The first-order chi connectivity index (χ1) is 10.7. The molecule has 0 N–H and O–H groups in total. The number of thiazole rings is 1. The summed E-state index contributed by atoms with van der Waals surface area (Å²) in [7, 11) is 0. The third-order valence-corrected chi connectivity index (χ3v) is 3.92. The lowest BCUT2D eigenvalue weighted by Gasteiger charge is -2.25. The lowest BCUT2D eigenvalue weighted by molar-refractivity contribution is 0.0528. The smallest absolute Gasteiger partial charge is 0.416 e. The number of aromatic nitrogens is 1. The Labute approximate surface area is 145 Å². The molecule has 0 radical (unpaired) electrons. The normalized spacial score (nSPS) is 11.2. The Hall–Kier alpha value is -1.34. The van der Waals surface area contributed by atoms with Crippen molar-refractivity contribution in [3.63, 3.8) is 0 Å². The van der Waals surface area contributed by atoms with Crippen molar-refractivity contribution in [3.05, 3.63) is 10.6 Å². The molecule has 0 saturated heterocycles. The summed E-state index contributed by atoms with van der Waals surface area (Å²) in [5, 5.41) is 0.389. The van der Waals surface area contributed by atoms with Gasteiger partial charge in [0, 0.05) is 6.54 Å². The van der Waals surface area contributed by atoms with Crippen LogP contribution >= 0.6 is 22.9 Å². The molecule has 0 aromatic carbocycles. The van der Waals surface area contributed by atoms with Gasteiger partial charge >= 0.3 is 12.1 Å². The fraction of sp³-hybridized carbons (Fsp3) is 0.667. The Morgan fingerprint density at radius 3 is 2.43 bits per heavy atom. The van der Waals surface area contributed by atoms with Crippen LogP contribution in [0.25, 0.3) is 0 Å². The van der Waals surface area contributed by atoms with Gasteiger partial charge in [-0.2, -0.15) is 0 Å². The van der Waals surface area contributed by atoms with Crippen molar-refractivity contribution in [2.45, 2.75) is 52.5 Å². The summed E-state index contributed by atoms with van der Waals surface area (Å²) in [5.41, 5.74) is -0.200. The second-order valence-electron chi connectivity index (χ2n) is 5.76. The minimum atomic E-state index is -0.611. The van der Waals surface area contributed by atoms with Gasteiger partial charge in [0.2, 0.25) is 0 Å². The number of carbonyl (C=O) groups excluding carboxylic acids is 2. The van der Waals surface area contributed by atoms with Crippen LogP contribution in [-0.4, -0.2) is 35.8 Å². The third kappa shape index (κ3) is 5.66. The van der Waals surface area contributed by atoms with E-state index in [1.165, 1.54) is 4.90 Å². The van der Waals surface area contributed by atoms with Gasteiger partial charge in [-0.05, 0) is 34.1 Å². The van der Waals surface area contributed by atoms with Crippen molar-refractivity contribution < 1.29 is 19.1 Å². The average Bonchev–Trinajstić information content (AvgIpc) is 2.86. The summed E-state index contributed by atoms with van der Waals surface area (Å²) in [5.74, 6) is -0.411. The number of ether oxygens (including phenoxy) is 2. The molecule has 6 nitrogen and oxygen atoms in total. The first kappa shape index (κ1) is 19.7. The molecule has 0 atom stereocenters. The number of alkyl halides is 1. The van der Waals surface area contributed by atoms with Crippen molar-refractivity contribution in [2.75, 3.05) is 18.1 Å². The number of hydrogen-bond donors (Lipinski definition) is 0. The van der Waals surface area contributed by atoms with Crippen LogP contribution in [0.1, 0.15) is 56.4 Å². The zero-order chi connectivity index (χ0) is 17.6. The standard InChI is InChI=1S/C15H23ClN2O4S/c1-6-8-18(14(20)22-15(3,4)5)13-17-10(9-16)11(23-13)12(19)21-7-2/h6-9H2,1-5H3. The second kappa shape index (κ2) is 8.49. The summed E-state index contributed by atoms with van der Waals surface area (Å²) in [4.78, 5) is 30.4. The molecule has 1 amide bonds. The average molecular weight is 363 g/mol. The molecule has 0 aliphatic rings. The van der Waals surface area contributed by atoms with Gasteiger partial charge in [-0.25, -0.2) is 14.6 Å². The minimum absolute atomic E-state index is 0.0684. The second-order valence-corrected chi connectivity index (χ2v) is 7.00. The molecule has 8 heteroatoms. The van der Waals surface area contributed by atoms with Gasteiger partial charge in [0.1, 0.15) is 10.5 Å². The Morgan fingerprint density at radius 1 is 1.30 bits per heavy atom. The van der Waals surface area contributed by atoms with Gasteiger partial charge in [-0.15, -0.1) is 11.6 Å². The topological polar surface area (TPSA) is 68.7 Å². The Bertz CT molecular complexity index is 554. The van der Waals surface area contributed by atoms with E-state index in [9.17, 15) is 9.59 Å². The van der Waals surface area contributed by atoms with Crippen LogP contribution in [0.5, 0.6) is 0 Å². The predicted molar refractivity (Wildman–Crippen MR) is 91.5 cm³/mol.